The number of ether oxygens (including phenoxy) is 2. The summed E-state index contributed by atoms with van der Waals surface area (Å²) in [6.07, 6.45) is 0.430. The summed E-state index contributed by atoms with van der Waals surface area (Å²) >= 11 is 0. The first-order valence-electron chi connectivity index (χ1n) is 10.1. The fourth-order valence-electron chi connectivity index (χ4n) is 3.48. The first kappa shape index (κ1) is 24.8. The number of H-pyrrole nitrogens is 1. The van der Waals surface area contributed by atoms with Crippen molar-refractivity contribution in [3.63, 3.8) is 0 Å². The third-order valence-corrected chi connectivity index (χ3v) is 7.04. The van der Waals surface area contributed by atoms with Crippen molar-refractivity contribution < 1.29 is 27.5 Å². The first-order valence-corrected chi connectivity index (χ1v) is 11.6. The van der Waals surface area contributed by atoms with E-state index < -0.39 is 27.8 Å². The topological polar surface area (TPSA) is 106 Å². The summed E-state index contributed by atoms with van der Waals surface area (Å²) in [5.41, 5.74) is 1.44. The summed E-state index contributed by atoms with van der Waals surface area (Å²) in [5.74, 6) is -0.942. The summed E-state index contributed by atoms with van der Waals surface area (Å²) in [5, 5.41) is 0. The van der Waals surface area contributed by atoms with Crippen molar-refractivity contribution in [3.05, 3.63) is 52.8 Å². The van der Waals surface area contributed by atoms with E-state index in [-0.39, 0.29) is 23.7 Å². The Labute approximate surface area is 183 Å². The molecule has 0 unspecified atom stereocenters. The van der Waals surface area contributed by atoms with E-state index in [1.54, 1.807) is 45.9 Å². The zero-order chi connectivity index (χ0) is 23.2. The van der Waals surface area contributed by atoms with E-state index in [0.29, 0.717) is 29.8 Å². The lowest BCUT2D eigenvalue weighted by Gasteiger charge is -2.27. The van der Waals surface area contributed by atoms with Crippen molar-refractivity contribution in [2.45, 2.75) is 45.1 Å². The van der Waals surface area contributed by atoms with Gasteiger partial charge in [-0.15, -0.1) is 0 Å². The number of nitrogens with one attached hydrogen (secondary N) is 1. The van der Waals surface area contributed by atoms with Crippen LogP contribution in [-0.2, 0) is 19.5 Å². The largest absolute Gasteiger partial charge is 0.461 e. The Morgan fingerprint density at radius 3 is 2.39 bits per heavy atom. The number of aromatic nitrogens is 1. The molecular weight excluding hydrogens is 420 g/mol. The second-order valence-corrected chi connectivity index (χ2v) is 9.05. The molecule has 8 nitrogen and oxygen atoms in total. The molecule has 1 aromatic carbocycles. The number of carbonyl (C=O) groups excluding carboxylic acids is 2. The van der Waals surface area contributed by atoms with E-state index in [1.165, 1.54) is 23.5 Å². The molecule has 2 aromatic rings. The van der Waals surface area contributed by atoms with Gasteiger partial charge in [-0.25, -0.2) is 13.2 Å². The van der Waals surface area contributed by atoms with Gasteiger partial charge in [0, 0.05) is 31.5 Å². The van der Waals surface area contributed by atoms with Crippen LogP contribution in [0.1, 0.15) is 52.4 Å². The number of aromatic amines is 1. The minimum atomic E-state index is -3.92. The zero-order valence-electron chi connectivity index (χ0n) is 18.6. The zero-order valence-corrected chi connectivity index (χ0v) is 19.4. The van der Waals surface area contributed by atoms with Crippen LogP contribution in [-0.4, -0.2) is 62.4 Å². The molecule has 0 saturated carbocycles. The van der Waals surface area contributed by atoms with E-state index >= 15 is 0 Å². The summed E-state index contributed by atoms with van der Waals surface area (Å²) in [6.45, 7) is 7.27. The van der Waals surface area contributed by atoms with Gasteiger partial charge in [0.25, 0.3) is 0 Å². The lowest BCUT2D eigenvalue weighted by molar-refractivity contribution is 0.0519. The van der Waals surface area contributed by atoms with Gasteiger partial charge in [0.05, 0.1) is 17.5 Å². The van der Waals surface area contributed by atoms with Crippen LogP contribution in [0.25, 0.3) is 0 Å². The van der Waals surface area contributed by atoms with Crippen LogP contribution in [0.3, 0.4) is 0 Å². The number of Topliss-reactive ketones (excluding diaryl/α,β-unsaturated/α-hetero) is 1. The highest BCUT2D eigenvalue weighted by Crippen LogP contribution is 2.25. The summed E-state index contributed by atoms with van der Waals surface area (Å²) < 4.78 is 37.9. The number of rotatable bonds is 11. The molecule has 0 radical (unpaired) electrons. The molecule has 1 aromatic heterocycles. The number of aryl methyl sites for hydroxylation is 1. The second-order valence-electron chi connectivity index (χ2n) is 7.16. The first-order chi connectivity index (χ1) is 14.7. The molecule has 0 amide bonds. The number of sulfonamides is 1. The van der Waals surface area contributed by atoms with Crippen LogP contribution >= 0.6 is 0 Å². The van der Waals surface area contributed by atoms with Crippen LogP contribution in [0.5, 0.6) is 0 Å². The van der Waals surface area contributed by atoms with Crippen molar-refractivity contribution in [2.75, 3.05) is 26.9 Å². The van der Waals surface area contributed by atoms with Crippen LogP contribution in [0.4, 0.5) is 0 Å². The van der Waals surface area contributed by atoms with Gasteiger partial charge < -0.3 is 14.5 Å². The average molecular weight is 451 g/mol. The summed E-state index contributed by atoms with van der Waals surface area (Å²) in [7, 11) is -2.39. The Hall–Kier alpha value is -2.49. The van der Waals surface area contributed by atoms with Gasteiger partial charge in [-0.3, -0.25) is 4.79 Å². The van der Waals surface area contributed by atoms with Gasteiger partial charge in [0.2, 0.25) is 10.0 Å². The van der Waals surface area contributed by atoms with E-state index in [0.717, 1.165) is 0 Å². The molecule has 2 rings (SSSR count). The molecule has 0 bridgehead atoms. The number of hydrogen-bond acceptors (Lipinski definition) is 6. The summed E-state index contributed by atoms with van der Waals surface area (Å²) in [6, 6.07) is 7.03. The predicted molar refractivity (Wildman–Crippen MR) is 117 cm³/mol. The minimum absolute atomic E-state index is 0.113. The van der Waals surface area contributed by atoms with Crippen LogP contribution < -0.4 is 0 Å². The number of benzene rings is 1. The van der Waals surface area contributed by atoms with Gasteiger partial charge in [-0.2, -0.15) is 4.31 Å². The Morgan fingerprint density at radius 1 is 1.16 bits per heavy atom. The minimum Gasteiger partial charge on any atom is -0.461 e. The molecule has 0 saturated heterocycles. The van der Waals surface area contributed by atoms with Crippen molar-refractivity contribution in [1.82, 2.24) is 9.29 Å². The maximum Gasteiger partial charge on any atom is 0.355 e. The maximum atomic E-state index is 13.4. The van der Waals surface area contributed by atoms with Gasteiger partial charge >= 0.3 is 5.97 Å². The van der Waals surface area contributed by atoms with Crippen LogP contribution in [0.2, 0.25) is 0 Å². The highest BCUT2D eigenvalue weighted by molar-refractivity contribution is 7.89. The molecule has 170 valence electrons. The average Bonchev–Trinajstić information content (AvgIpc) is 3.05. The fourth-order valence-corrected chi connectivity index (χ4v) is 5.13. The quantitative estimate of drug-likeness (QED) is 0.320. The Kier molecular flexibility index (Phi) is 8.55. The van der Waals surface area contributed by atoms with Gasteiger partial charge in [-0.05, 0) is 51.8 Å². The lowest BCUT2D eigenvalue weighted by atomic mass is 10.0. The third-order valence-electron chi connectivity index (χ3n) is 5.05. The molecule has 0 fully saturated rings. The summed E-state index contributed by atoms with van der Waals surface area (Å²) in [4.78, 5) is 28.6. The normalized spacial score (nSPS) is 12.7. The van der Waals surface area contributed by atoms with Crippen molar-refractivity contribution in [1.29, 1.82) is 0 Å². The molecule has 31 heavy (non-hydrogen) atoms. The Bertz CT molecular complexity index is 1010. The molecule has 0 aliphatic carbocycles. The fraction of sp³-hybridized carbons (Fsp3) is 0.455. The number of carbonyl (C=O) groups is 2. The molecule has 0 aliphatic rings. The predicted octanol–water partition coefficient (Wildman–Crippen LogP) is 3.11. The van der Waals surface area contributed by atoms with E-state index in [4.69, 9.17) is 9.47 Å². The molecule has 0 aliphatic heterocycles. The molecule has 1 heterocycles. The molecular formula is C22H30N2O6S. The SMILES string of the molecule is CCOC(=O)c1[nH]c(C)c(C(=O)[C@@H](C)N(CCCOC)S(=O)(=O)c2ccccc2)c1C. The lowest BCUT2D eigenvalue weighted by Crippen LogP contribution is -2.44. The molecule has 1 N–H and O–H groups in total. The Morgan fingerprint density at radius 2 is 1.81 bits per heavy atom. The molecule has 9 heteroatoms. The smallest absolute Gasteiger partial charge is 0.355 e. The van der Waals surface area contributed by atoms with Crippen molar-refractivity contribution in [3.8, 4) is 0 Å². The highest BCUT2D eigenvalue weighted by atomic mass is 32.2. The maximum absolute atomic E-state index is 13.4. The highest BCUT2D eigenvalue weighted by Gasteiger charge is 2.35. The van der Waals surface area contributed by atoms with Crippen LogP contribution in [0, 0.1) is 13.8 Å². The molecule has 1 atom stereocenters. The standard InChI is InChI=1S/C22H30N2O6S/c1-6-30-22(26)20-15(2)19(16(3)23-20)21(25)17(4)24(13-10-14-29-5)31(27,28)18-11-8-7-9-12-18/h7-9,11-12,17,23H,6,10,13-14H2,1-5H3/t17-/m1/s1. The van der Waals surface area contributed by atoms with Gasteiger partial charge in [-0.1, -0.05) is 18.2 Å². The number of esters is 1. The van der Waals surface area contributed by atoms with E-state index in [2.05, 4.69) is 4.98 Å². The van der Waals surface area contributed by atoms with Gasteiger partial charge in [0.1, 0.15) is 5.69 Å². The second kappa shape index (κ2) is 10.7. The van der Waals surface area contributed by atoms with E-state index in [1.807, 2.05) is 0 Å². The molecule has 0 spiro atoms. The third kappa shape index (κ3) is 5.41. The van der Waals surface area contributed by atoms with E-state index in [9.17, 15) is 18.0 Å². The van der Waals surface area contributed by atoms with Crippen LogP contribution in [0.15, 0.2) is 35.2 Å². The number of methoxy groups -OCH3 is 1. The number of nitrogens with zero attached hydrogens (tertiary/aromatic N) is 1. The number of ketones is 1. The number of hydrogen-bond donors (Lipinski definition) is 1. The van der Waals surface area contributed by atoms with Crippen molar-refractivity contribution in [2.24, 2.45) is 0 Å². The Balaban J connectivity index is 2.44. The van der Waals surface area contributed by atoms with Crippen molar-refractivity contribution >= 4 is 21.8 Å². The van der Waals surface area contributed by atoms with Gasteiger partial charge in [0.15, 0.2) is 5.78 Å². The monoisotopic (exact) mass is 450 g/mol.